The summed E-state index contributed by atoms with van der Waals surface area (Å²) in [5.74, 6) is -1.31. The number of phosphoric ester groups is 2. The molecule has 0 heterocycles. The van der Waals surface area contributed by atoms with Crippen LogP contribution in [-0.4, -0.2) is 96.7 Å². The summed E-state index contributed by atoms with van der Waals surface area (Å²) >= 11 is 0. The Morgan fingerprint density at radius 2 is 0.465 bits per heavy atom. The van der Waals surface area contributed by atoms with Gasteiger partial charge in [-0.1, -0.05) is 375 Å². The maximum absolute atomic E-state index is 13.1. The maximum Gasteiger partial charge on any atom is 0.472 e. The van der Waals surface area contributed by atoms with Gasteiger partial charge in [-0.2, -0.15) is 0 Å². The molecule has 588 valence electrons. The van der Waals surface area contributed by atoms with Crippen molar-refractivity contribution in [2.24, 2.45) is 5.92 Å². The van der Waals surface area contributed by atoms with Crippen LogP contribution in [-0.2, 0) is 65.4 Å². The number of phosphoric acid groups is 2. The van der Waals surface area contributed by atoms with E-state index in [1.165, 1.54) is 244 Å². The minimum absolute atomic E-state index is 0.108. The first-order chi connectivity index (χ1) is 48.0. The summed E-state index contributed by atoms with van der Waals surface area (Å²) in [6, 6.07) is 0. The van der Waals surface area contributed by atoms with Gasteiger partial charge in [-0.15, -0.1) is 0 Å². The lowest BCUT2D eigenvalue weighted by molar-refractivity contribution is -0.161. The molecule has 99 heavy (non-hydrogen) atoms. The highest BCUT2D eigenvalue weighted by molar-refractivity contribution is 7.47. The number of esters is 4. The van der Waals surface area contributed by atoms with Crippen molar-refractivity contribution in [2.45, 2.75) is 445 Å². The Kier molecular flexibility index (Phi) is 71.6. The smallest absolute Gasteiger partial charge is 0.462 e. The molecule has 0 saturated carbocycles. The van der Waals surface area contributed by atoms with Crippen LogP contribution >= 0.6 is 15.6 Å². The van der Waals surface area contributed by atoms with Crippen LogP contribution in [0.3, 0.4) is 0 Å². The molecule has 0 radical (unpaired) electrons. The van der Waals surface area contributed by atoms with E-state index < -0.39 is 97.5 Å². The number of rotatable bonds is 80. The van der Waals surface area contributed by atoms with Crippen molar-refractivity contribution in [3.05, 3.63) is 0 Å². The van der Waals surface area contributed by atoms with Crippen molar-refractivity contribution < 1.29 is 80.2 Å². The predicted octanol–water partition coefficient (Wildman–Crippen LogP) is 24.0. The van der Waals surface area contributed by atoms with E-state index in [4.69, 9.17) is 37.0 Å². The van der Waals surface area contributed by atoms with E-state index in [0.29, 0.717) is 25.7 Å². The fraction of sp³-hybridized carbons (Fsp3) is 0.950. The molecule has 0 spiro atoms. The van der Waals surface area contributed by atoms with Gasteiger partial charge in [-0.05, 0) is 31.6 Å². The minimum atomic E-state index is -4.96. The molecule has 0 aromatic heterocycles. The van der Waals surface area contributed by atoms with Gasteiger partial charge in [0.25, 0.3) is 0 Å². The zero-order valence-electron chi connectivity index (χ0n) is 64.6. The molecule has 0 aliphatic rings. The monoisotopic (exact) mass is 1450 g/mol. The second-order valence-electron chi connectivity index (χ2n) is 29.3. The van der Waals surface area contributed by atoms with Crippen molar-refractivity contribution in [1.29, 1.82) is 0 Å². The molecule has 0 aromatic rings. The molecule has 2 unspecified atom stereocenters. The molecule has 0 aromatic carbocycles. The summed E-state index contributed by atoms with van der Waals surface area (Å²) in [4.78, 5) is 72.8. The van der Waals surface area contributed by atoms with Crippen LogP contribution in [0.25, 0.3) is 0 Å². The lowest BCUT2D eigenvalue weighted by atomic mass is 10.0. The molecule has 0 aliphatic heterocycles. The first-order valence-electron chi connectivity index (χ1n) is 41.6. The number of unbranched alkanes of at least 4 members (excludes halogenated alkanes) is 52. The fourth-order valence-electron chi connectivity index (χ4n) is 12.4. The third-order valence-corrected chi connectivity index (χ3v) is 20.7. The predicted molar refractivity (Wildman–Crippen MR) is 405 cm³/mol. The van der Waals surface area contributed by atoms with E-state index >= 15 is 0 Å². The molecule has 19 heteroatoms. The van der Waals surface area contributed by atoms with Gasteiger partial charge in [0.1, 0.15) is 19.3 Å². The number of carbonyl (C=O) groups is 4. The Balaban J connectivity index is 5.17. The van der Waals surface area contributed by atoms with Crippen LogP contribution in [0.5, 0.6) is 0 Å². The number of aliphatic hydroxyl groups is 1. The van der Waals surface area contributed by atoms with Crippen LogP contribution in [0.1, 0.15) is 426 Å². The Labute approximate surface area is 607 Å². The van der Waals surface area contributed by atoms with Gasteiger partial charge in [0.2, 0.25) is 0 Å². The van der Waals surface area contributed by atoms with Gasteiger partial charge < -0.3 is 33.8 Å². The van der Waals surface area contributed by atoms with Gasteiger partial charge in [0.15, 0.2) is 12.2 Å². The number of hydrogen-bond acceptors (Lipinski definition) is 15. The normalized spacial score (nSPS) is 13.9. The van der Waals surface area contributed by atoms with Gasteiger partial charge in [-0.25, -0.2) is 9.13 Å². The third-order valence-electron chi connectivity index (χ3n) is 18.8. The first kappa shape index (κ1) is 97.1. The quantitative estimate of drug-likeness (QED) is 0.0222. The highest BCUT2D eigenvalue weighted by Gasteiger charge is 2.30. The van der Waals surface area contributed by atoms with E-state index in [9.17, 15) is 43.2 Å². The average Bonchev–Trinajstić information content (AvgIpc) is 1.03. The summed E-state index contributed by atoms with van der Waals surface area (Å²) < 4.78 is 68.6. The van der Waals surface area contributed by atoms with E-state index in [-0.39, 0.29) is 25.7 Å². The molecule has 0 amide bonds. The van der Waals surface area contributed by atoms with Gasteiger partial charge in [-0.3, -0.25) is 37.3 Å². The van der Waals surface area contributed by atoms with E-state index in [1.807, 2.05) is 0 Å². The van der Waals surface area contributed by atoms with Gasteiger partial charge in [0, 0.05) is 25.7 Å². The summed E-state index contributed by atoms with van der Waals surface area (Å²) in [5.41, 5.74) is 0. The Morgan fingerprint density at radius 1 is 0.273 bits per heavy atom. The highest BCUT2D eigenvalue weighted by atomic mass is 31.2. The molecule has 0 fully saturated rings. The molecule has 17 nitrogen and oxygen atoms in total. The molecular formula is C80H156O17P2. The lowest BCUT2D eigenvalue weighted by Crippen LogP contribution is -2.30. The van der Waals surface area contributed by atoms with Crippen molar-refractivity contribution >= 4 is 39.5 Å². The molecular weight excluding hydrogens is 1290 g/mol. The number of carbonyl (C=O) groups excluding carboxylic acids is 4. The van der Waals surface area contributed by atoms with Crippen LogP contribution < -0.4 is 0 Å². The average molecular weight is 1450 g/mol. The third kappa shape index (κ3) is 74.1. The molecule has 3 N–H and O–H groups in total. The number of ether oxygens (including phenoxy) is 4. The summed E-state index contributed by atoms with van der Waals surface area (Å²) in [6.45, 7) is 7.31. The Bertz CT molecular complexity index is 1890. The SMILES string of the molecule is CCCCCCCCCCCCCCCCCCCCCCCCC(=O)O[C@H](COC(=O)CCCCCCCCCCCCCCCCC(C)C)COP(=O)(O)OC[C@@H](O)COP(=O)(O)OC[C@@H](COC(=O)CCCCCCCCCC)OC(=O)CCCCCCCCCCCCCC. The van der Waals surface area contributed by atoms with Gasteiger partial charge >= 0.3 is 39.5 Å². The van der Waals surface area contributed by atoms with E-state index in [0.717, 1.165) is 102 Å². The lowest BCUT2D eigenvalue weighted by Gasteiger charge is -2.21. The molecule has 0 bridgehead atoms. The number of aliphatic hydroxyl groups excluding tert-OH is 1. The van der Waals surface area contributed by atoms with E-state index in [1.54, 1.807) is 0 Å². The van der Waals surface area contributed by atoms with Crippen LogP contribution in [0.15, 0.2) is 0 Å². The Morgan fingerprint density at radius 3 is 0.687 bits per heavy atom. The first-order valence-corrected chi connectivity index (χ1v) is 44.6. The highest BCUT2D eigenvalue weighted by Crippen LogP contribution is 2.45. The molecule has 0 saturated heterocycles. The second-order valence-corrected chi connectivity index (χ2v) is 32.2. The summed E-state index contributed by atoms with van der Waals surface area (Å²) in [7, 11) is -9.91. The standard InChI is InChI=1S/C80H156O17P2/c1-6-9-12-15-18-21-23-25-26-27-28-29-30-31-32-33-38-42-46-51-56-61-66-80(85)97-76(70-91-78(83)64-59-54-49-44-41-37-35-34-36-39-43-47-52-57-62-73(4)5)72-95-99(88,89)93-68-74(81)67-92-98(86,87)94-71-75(69-90-77(82)63-58-53-48-20-17-14-11-8-3)96-79(84)65-60-55-50-45-40-24-22-19-16-13-10-7-2/h73-76,81H,6-72H2,1-5H3,(H,86,87)(H,88,89)/t74-,75+,76+/m0/s1. The molecule has 5 atom stereocenters. The Hall–Kier alpha value is -1.94. The topological polar surface area (TPSA) is 237 Å². The van der Waals surface area contributed by atoms with Crippen LogP contribution in [0, 0.1) is 5.92 Å². The van der Waals surface area contributed by atoms with E-state index in [2.05, 4.69) is 34.6 Å². The minimum Gasteiger partial charge on any atom is -0.462 e. The maximum atomic E-state index is 13.1. The van der Waals surface area contributed by atoms with Crippen molar-refractivity contribution in [1.82, 2.24) is 0 Å². The fourth-order valence-corrected chi connectivity index (χ4v) is 14.0. The van der Waals surface area contributed by atoms with Crippen molar-refractivity contribution in [3.8, 4) is 0 Å². The van der Waals surface area contributed by atoms with Crippen molar-refractivity contribution in [2.75, 3.05) is 39.6 Å². The summed E-state index contributed by atoms with van der Waals surface area (Å²) in [5, 5.41) is 10.6. The second kappa shape index (κ2) is 73.0. The molecule has 0 aliphatic carbocycles. The largest absolute Gasteiger partial charge is 0.472 e. The van der Waals surface area contributed by atoms with Crippen LogP contribution in [0.2, 0.25) is 0 Å². The zero-order chi connectivity index (χ0) is 72.7. The number of hydrogen-bond donors (Lipinski definition) is 3. The van der Waals surface area contributed by atoms with Crippen LogP contribution in [0.4, 0.5) is 0 Å². The molecule has 0 rings (SSSR count). The zero-order valence-corrected chi connectivity index (χ0v) is 66.4. The summed E-state index contributed by atoms with van der Waals surface area (Å²) in [6.07, 6.45) is 64.0. The van der Waals surface area contributed by atoms with Crippen molar-refractivity contribution in [3.63, 3.8) is 0 Å². The van der Waals surface area contributed by atoms with Gasteiger partial charge in [0.05, 0.1) is 26.4 Å².